The minimum Gasteiger partial charge on any atom is -0.203 e. The normalized spacial score (nSPS) is 12.8. The maximum Gasteiger partial charge on any atom is 0.516 e. The molecule has 0 saturated heterocycles. The lowest BCUT2D eigenvalue weighted by atomic mass is 10.3. The van der Waals surface area contributed by atoms with Gasteiger partial charge in [0.1, 0.15) is 0 Å². The van der Waals surface area contributed by atoms with Gasteiger partial charge in [-0.3, -0.25) is 0 Å². The molecule has 102 valence electrons. The average molecular weight is 310 g/mol. The van der Waals surface area contributed by atoms with Crippen LogP contribution < -0.4 is 4.31 Å². The molecular formula is C8H5ClF5NO2S. The van der Waals surface area contributed by atoms with Crippen molar-refractivity contribution in [3.8, 4) is 0 Å². The third-order valence-electron chi connectivity index (χ3n) is 1.81. The van der Waals surface area contributed by atoms with Crippen molar-refractivity contribution in [1.29, 1.82) is 0 Å². The molecule has 18 heavy (non-hydrogen) atoms. The predicted octanol–water partition coefficient (Wildman–Crippen LogP) is 3.22. The second-order valence-electron chi connectivity index (χ2n) is 3.00. The number of halogens is 6. The Morgan fingerprint density at radius 2 is 1.56 bits per heavy atom. The smallest absolute Gasteiger partial charge is 0.203 e. The Kier molecular flexibility index (Phi) is 4.06. The van der Waals surface area contributed by atoms with Gasteiger partial charge in [-0.15, -0.1) is 0 Å². The molecule has 0 aliphatic carbocycles. The molecule has 0 N–H and O–H groups in total. The molecule has 0 spiro atoms. The van der Waals surface area contributed by atoms with E-state index in [-0.39, 0.29) is 5.02 Å². The van der Waals surface area contributed by atoms with Crippen molar-refractivity contribution in [1.82, 2.24) is 0 Å². The Hall–Kier alpha value is -1.09. The summed E-state index contributed by atoms with van der Waals surface area (Å²) in [6.07, 6.45) is 0. The lowest BCUT2D eigenvalue weighted by Gasteiger charge is -2.24. The van der Waals surface area contributed by atoms with Crippen LogP contribution in [-0.4, -0.2) is 20.5 Å². The highest BCUT2D eigenvalue weighted by Gasteiger charge is 2.52. The van der Waals surface area contributed by atoms with E-state index in [9.17, 15) is 30.4 Å². The fraction of sp³-hybridized carbons (Fsp3) is 0.250. The number of anilines is 1. The Bertz CT molecular complexity index is 513. The third-order valence-corrected chi connectivity index (χ3v) is 3.53. The number of alkyl halides is 5. The van der Waals surface area contributed by atoms with Gasteiger partial charge in [-0.2, -0.15) is 30.4 Å². The maximum atomic E-state index is 12.5. The van der Waals surface area contributed by atoms with Crippen molar-refractivity contribution >= 4 is 27.3 Å². The van der Waals surface area contributed by atoms with E-state index in [1.807, 2.05) is 0 Å². The molecule has 0 aromatic heterocycles. The quantitative estimate of drug-likeness (QED) is 0.635. The highest BCUT2D eigenvalue weighted by molar-refractivity contribution is 7.93. The van der Waals surface area contributed by atoms with Crippen molar-refractivity contribution in [3.63, 3.8) is 0 Å². The molecule has 0 bridgehead atoms. The summed E-state index contributed by atoms with van der Waals surface area (Å²) in [7, 11) is -6.16. The van der Waals surface area contributed by atoms with Crippen LogP contribution in [0.5, 0.6) is 0 Å². The Balaban J connectivity index is 3.33. The Morgan fingerprint density at radius 3 is 1.89 bits per heavy atom. The molecule has 0 atom stereocenters. The molecule has 0 heterocycles. The summed E-state index contributed by atoms with van der Waals surface area (Å²) < 4.78 is 82.6. The van der Waals surface area contributed by atoms with Crippen molar-refractivity contribution in [2.45, 2.75) is 12.1 Å². The van der Waals surface area contributed by atoms with E-state index in [1.165, 1.54) is 0 Å². The van der Waals surface area contributed by atoms with Crippen LogP contribution in [0.25, 0.3) is 0 Å². The van der Waals surface area contributed by atoms with Crippen LogP contribution in [0.3, 0.4) is 0 Å². The summed E-state index contributed by atoms with van der Waals surface area (Å²) in [5.74, 6) is 0. The lowest BCUT2D eigenvalue weighted by Crippen LogP contribution is -2.43. The van der Waals surface area contributed by atoms with Gasteiger partial charge in [0, 0.05) is 5.02 Å². The standard InChI is InChI=1S/C8H5ClF5NO2S/c9-5-1-3-6(4-2-5)15(7(10)11)18(16,17)8(12,13)14/h1-4,7H. The van der Waals surface area contributed by atoms with Gasteiger partial charge in [0.05, 0.1) is 5.69 Å². The summed E-state index contributed by atoms with van der Waals surface area (Å²) in [5.41, 5.74) is -6.64. The summed E-state index contributed by atoms with van der Waals surface area (Å²) in [4.78, 5) is 0. The molecule has 0 amide bonds. The average Bonchev–Trinajstić information content (AvgIpc) is 2.18. The van der Waals surface area contributed by atoms with E-state index in [4.69, 9.17) is 11.6 Å². The minimum atomic E-state index is -6.16. The SMILES string of the molecule is O=S(=O)(N(c1ccc(Cl)cc1)C(F)F)C(F)(F)F. The van der Waals surface area contributed by atoms with Gasteiger partial charge < -0.3 is 0 Å². The molecule has 1 rings (SSSR count). The van der Waals surface area contributed by atoms with Crippen LogP contribution in [0.4, 0.5) is 27.6 Å². The van der Waals surface area contributed by atoms with E-state index in [1.54, 1.807) is 0 Å². The number of nitrogens with zero attached hydrogens (tertiary/aromatic N) is 1. The topological polar surface area (TPSA) is 37.4 Å². The van der Waals surface area contributed by atoms with E-state index >= 15 is 0 Å². The summed E-state index contributed by atoms with van der Waals surface area (Å²) >= 11 is 5.42. The highest BCUT2D eigenvalue weighted by atomic mass is 35.5. The molecule has 1 aromatic carbocycles. The highest BCUT2D eigenvalue weighted by Crippen LogP contribution is 2.33. The Morgan fingerprint density at radius 1 is 1.11 bits per heavy atom. The molecule has 1 aromatic rings. The van der Waals surface area contributed by atoms with Gasteiger partial charge in [-0.05, 0) is 24.3 Å². The number of hydrogen-bond acceptors (Lipinski definition) is 2. The largest absolute Gasteiger partial charge is 0.516 e. The fourth-order valence-corrected chi connectivity index (χ4v) is 2.01. The lowest BCUT2D eigenvalue weighted by molar-refractivity contribution is -0.0453. The number of benzene rings is 1. The predicted molar refractivity (Wildman–Crippen MR) is 54.9 cm³/mol. The molecule has 10 heteroatoms. The first kappa shape index (κ1) is 15.0. The first-order valence-corrected chi connectivity index (χ1v) is 6.03. The summed E-state index contributed by atoms with van der Waals surface area (Å²) in [6.45, 7) is -3.86. The monoisotopic (exact) mass is 309 g/mol. The van der Waals surface area contributed by atoms with Crippen molar-refractivity contribution in [3.05, 3.63) is 29.3 Å². The fourth-order valence-electron chi connectivity index (χ4n) is 1.06. The molecule has 0 unspecified atom stereocenters. The molecule has 3 nitrogen and oxygen atoms in total. The molecule has 0 aliphatic heterocycles. The van der Waals surface area contributed by atoms with Crippen LogP contribution in [0.15, 0.2) is 24.3 Å². The zero-order chi connectivity index (χ0) is 14.1. The summed E-state index contributed by atoms with van der Waals surface area (Å²) in [5, 5.41) is 0.0670. The molecule has 0 saturated carbocycles. The van der Waals surface area contributed by atoms with Crippen molar-refractivity contribution in [2.75, 3.05) is 4.31 Å². The maximum absolute atomic E-state index is 12.5. The van der Waals surface area contributed by atoms with Crippen LogP contribution >= 0.6 is 11.6 Å². The first-order chi connectivity index (χ1) is 8.07. The zero-order valence-corrected chi connectivity index (χ0v) is 9.90. The number of hydrogen-bond donors (Lipinski definition) is 0. The first-order valence-electron chi connectivity index (χ1n) is 4.22. The second-order valence-corrected chi connectivity index (χ2v) is 5.24. The van der Waals surface area contributed by atoms with Crippen LogP contribution in [0, 0.1) is 0 Å². The van der Waals surface area contributed by atoms with Crippen LogP contribution in [-0.2, 0) is 10.0 Å². The van der Waals surface area contributed by atoms with Gasteiger partial charge >= 0.3 is 22.1 Å². The molecule has 0 radical (unpaired) electrons. The van der Waals surface area contributed by atoms with Crippen molar-refractivity contribution < 1.29 is 30.4 Å². The van der Waals surface area contributed by atoms with E-state index in [0.29, 0.717) is 0 Å². The van der Waals surface area contributed by atoms with E-state index < -0.39 is 32.1 Å². The van der Waals surface area contributed by atoms with Gasteiger partial charge in [-0.25, -0.2) is 4.31 Å². The van der Waals surface area contributed by atoms with Gasteiger partial charge in [0.25, 0.3) is 0 Å². The molecule has 0 fully saturated rings. The number of rotatable bonds is 3. The molecule has 0 aliphatic rings. The van der Waals surface area contributed by atoms with Gasteiger partial charge in [0.2, 0.25) is 0 Å². The van der Waals surface area contributed by atoms with Crippen LogP contribution in [0.1, 0.15) is 0 Å². The minimum absolute atomic E-state index is 0.0670. The van der Waals surface area contributed by atoms with Gasteiger partial charge in [-0.1, -0.05) is 11.6 Å². The summed E-state index contributed by atoms with van der Waals surface area (Å²) in [6, 6.07) is 3.49. The van der Waals surface area contributed by atoms with Crippen LogP contribution in [0.2, 0.25) is 5.02 Å². The van der Waals surface area contributed by atoms with E-state index in [0.717, 1.165) is 24.3 Å². The second kappa shape index (κ2) is 4.88. The zero-order valence-electron chi connectivity index (χ0n) is 8.33. The molecular weight excluding hydrogens is 305 g/mol. The number of sulfonamides is 1. The third kappa shape index (κ3) is 2.83. The van der Waals surface area contributed by atoms with Crippen molar-refractivity contribution in [2.24, 2.45) is 0 Å². The van der Waals surface area contributed by atoms with Gasteiger partial charge in [0.15, 0.2) is 0 Å². The van der Waals surface area contributed by atoms with E-state index in [2.05, 4.69) is 0 Å². The Labute approximate surface area is 104 Å².